The fourth-order valence-electron chi connectivity index (χ4n) is 2.55. The molecule has 0 radical (unpaired) electrons. The van der Waals surface area contributed by atoms with Gasteiger partial charge in [-0.2, -0.15) is 5.10 Å². The highest BCUT2D eigenvalue weighted by molar-refractivity contribution is 5.14. The summed E-state index contributed by atoms with van der Waals surface area (Å²) < 4.78 is 1.89. The Hall–Kier alpha value is -0.870. The van der Waals surface area contributed by atoms with Gasteiger partial charge in [-0.25, -0.2) is 0 Å². The molecule has 1 N–H and O–H groups in total. The zero-order valence-electron chi connectivity index (χ0n) is 11.2. The van der Waals surface area contributed by atoms with Gasteiger partial charge in [0, 0.05) is 37.9 Å². The minimum Gasteiger partial charge on any atom is -0.311 e. The lowest BCUT2D eigenvalue weighted by Crippen LogP contribution is -2.38. The molecule has 0 amide bonds. The van der Waals surface area contributed by atoms with Gasteiger partial charge >= 0.3 is 0 Å². The van der Waals surface area contributed by atoms with E-state index in [4.69, 9.17) is 0 Å². The van der Waals surface area contributed by atoms with Gasteiger partial charge in [-0.1, -0.05) is 0 Å². The van der Waals surface area contributed by atoms with Gasteiger partial charge in [0.15, 0.2) is 0 Å². The Labute approximate surface area is 104 Å². The standard InChI is InChI=1S/C13H24N4/c1-11(17-6-4-5-7-17)8-14-9-13-10-16(3)15-12(13)2/h10-11,14H,4-9H2,1-3H3. The van der Waals surface area contributed by atoms with Crippen molar-refractivity contribution in [1.29, 1.82) is 0 Å². The molecule has 2 rings (SSSR count). The monoisotopic (exact) mass is 236 g/mol. The number of likely N-dealkylation sites (tertiary alicyclic amines) is 1. The minimum absolute atomic E-state index is 0.648. The second-order valence-electron chi connectivity index (χ2n) is 5.14. The van der Waals surface area contributed by atoms with Crippen LogP contribution in [0.25, 0.3) is 0 Å². The molecule has 1 saturated heterocycles. The van der Waals surface area contributed by atoms with Crippen LogP contribution in [0.4, 0.5) is 0 Å². The van der Waals surface area contributed by atoms with Crippen LogP contribution < -0.4 is 5.32 Å². The summed E-state index contributed by atoms with van der Waals surface area (Å²) in [5.74, 6) is 0. The lowest BCUT2D eigenvalue weighted by molar-refractivity contribution is 0.251. The van der Waals surface area contributed by atoms with Gasteiger partial charge in [-0.15, -0.1) is 0 Å². The highest BCUT2D eigenvalue weighted by atomic mass is 15.3. The fraction of sp³-hybridized carbons (Fsp3) is 0.769. The molecule has 1 aliphatic rings. The number of aryl methyl sites for hydroxylation is 2. The van der Waals surface area contributed by atoms with Gasteiger partial charge in [0.05, 0.1) is 5.69 Å². The van der Waals surface area contributed by atoms with Gasteiger partial charge < -0.3 is 5.32 Å². The lowest BCUT2D eigenvalue weighted by Gasteiger charge is -2.23. The van der Waals surface area contributed by atoms with Gasteiger partial charge in [-0.05, 0) is 39.8 Å². The Balaban J connectivity index is 1.73. The molecule has 1 aliphatic heterocycles. The first kappa shape index (κ1) is 12.6. The van der Waals surface area contributed by atoms with E-state index < -0.39 is 0 Å². The lowest BCUT2D eigenvalue weighted by atomic mass is 10.2. The second-order valence-corrected chi connectivity index (χ2v) is 5.14. The predicted octanol–water partition coefficient (Wildman–Crippen LogP) is 1.30. The van der Waals surface area contributed by atoms with E-state index in [1.807, 2.05) is 11.7 Å². The van der Waals surface area contributed by atoms with Crippen molar-refractivity contribution in [2.24, 2.45) is 7.05 Å². The first-order valence-electron chi connectivity index (χ1n) is 6.60. The third kappa shape index (κ3) is 3.30. The van der Waals surface area contributed by atoms with Crippen molar-refractivity contribution in [3.8, 4) is 0 Å². The third-order valence-corrected chi connectivity index (χ3v) is 3.63. The first-order valence-corrected chi connectivity index (χ1v) is 6.60. The summed E-state index contributed by atoms with van der Waals surface area (Å²) in [7, 11) is 1.98. The molecule has 17 heavy (non-hydrogen) atoms. The van der Waals surface area contributed by atoms with E-state index in [1.165, 1.54) is 31.5 Å². The Bertz CT molecular complexity index is 352. The first-order chi connectivity index (χ1) is 8.16. The van der Waals surface area contributed by atoms with E-state index >= 15 is 0 Å². The Morgan fingerprint density at radius 2 is 2.12 bits per heavy atom. The summed E-state index contributed by atoms with van der Waals surface area (Å²) in [5, 5.41) is 7.89. The maximum atomic E-state index is 4.35. The molecule has 1 atom stereocenters. The molecular formula is C13H24N4. The SMILES string of the molecule is Cc1nn(C)cc1CNCC(C)N1CCCC1. The van der Waals surface area contributed by atoms with E-state index in [1.54, 1.807) is 0 Å². The summed E-state index contributed by atoms with van der Waals surface area (Å²) >= 11 is 0. The molecule has 1 fully saturated rings. The van der Waals surface area contributed by atoms with Gasteiger partial charge in [-0.3, -0.25) is 9.58 Å². The summed E-state index contributed by atoms with van der Waals surface area (Å²) in [6.07, 6.45) is 4.83. The molecule has 4 heteroatoms. The van der Waals surface area contributed by atoms with E-state index in [2.05, 4.69) is 35.4 Å². The molecular weight excluding hydrogens is 212 g/mol. The molecule has 1 aromatic rings. The largest absolute Gasteiger partial charge is 0.311 e. The van der Waals surface area contributed by atoms with Crippen LogP contribution in [0.5, 0.6) is 0 Å². The van der Waals surface area contributed by atoms with Crippen LogP contribution in [-0.2, 0) is 13.6 Å². The molecule has 96 valence electrons. The van der Waals surface area contributed by atoms with Crippen LogP contribution >= 0.6 is 0 Å². The van der Waals surface area contributed by atoms with Crippen molar-refractivity contribution in [2.45, 2.75) is 39.3 Å². The minimum atomic E-state index is 0.648. The molecule has 1 unspecified atom stereocenters. The van der Waals surface area contributed by atoms with Gasteiger partial charge in [0.1, 0.15) is 0 Å². The molecule has 4 nitrogen and oxygen atoms in total. The van der Waals surface area contributed by atoms with Crippen LogP contribution in [-0.4, -0.2) is 40.4 Å². The van der Waals surface area contributed by atoms with Crippen LogP contribution in [0, 0.1) is 6.92 Å². The molecule has 2 heterocycles. The van der Waals surface area contributed by atoms with Crippen molar-refractivity contribution in [3.63, 3.8) is 0 Å². The number of nitrogens with zero attached hydrogens (tertiary/aromatic N) is 3. The summed E-state index contributed by atoms with van der Waals surface area (Å²) in [6.45, 7) is 8.92. The zero-order valence-corrected chi connectivity index (χ0v) is 11.2. The maximum absolute atomic E-state index is 4.35. The zero-order chi connectivity index (χ0) is 12.3. The van der Waals surface area contributed by atoms with E-state index in [0.29, 0.717) is 6.04 Å². The Morgan fingerprint density at radius 1 is 1.41 bits per heavy atom. The number of hydrogen-bond donors (Lipinski definition) is 1. The molecule has 1 aromatic heterocycles. The average Bonchev–Trinajstić information content (AvgIpc) is 2.89. The molecule has 0 spiro atoms. The smallest absolute Gasteiger partial charge is 0.0638 e. The van der Waals surface area contributed by atoms with Crippen molar-refractivity contribution in [2.75, 3.05) is 19.6 Å². The quantitative estimate of drug-likeness (QED) is 0.836. The van der Waals surface area contributed by atoms with E-state index in [0.717, 1.165) is 18.8 Å². The topological polar surface area (TPSA) is 33.1 Å². The van der Waals surface area contributed by atoms with Crippen LogP contribution in [0.3, 0.4) is 0 Å². The average molecular weight is 236 g/mol. The summed E-state index contributed by atoms with van der Waals surface area (Å²) in [6, 6.07) is 0.648. The van der Waals surface area contributed by atoms with Gasteiger partial charge in [0.25, 0.3) is 0 Å². The van der Waals surface area contributed by atoms with Gasteiger partial charge in [0.2, 0.25) is 0 Å². The predicted molar refractivity (Wildman–Crippen MR) is 69.9 cm³/mol. The fourth-order valence-corrected chi connectivity index (χ4v) is 2.55. The van der Waals surface area contributed by atoms with Crippen molar-refractivity contribution >= 4 is 0 Å². The summed E-state index contributed by atoms with van der Waals surface area (Å²) in [4.78, 5) is 2.57. The molecule has 0 aromatic carbocycles. The van der Waals surface area contributed by atoms with Crippen molar-refractivity contribution in [1.82, 2.24) is 20.0 Å². The van der Waals surface area contributed by atoms with Crippen LogP contribution in [0.2, 0.25) is 0 Å². The normalized spacial score (nSPS) is 18.8. The third-order valence-electron chi connectivity index (χ3n) is 3.63. The van der Waals surface area contributed by atoms with E-state index in [9.17, 15) is 0 Å². The van der Waals surface area contributed by atoms with Crippen molar-refractivity contribution < 1.29 is 0 Å². The number of hydrogen-bond acceptors (Lipinski definition) is 3. The molecule has 0 saturated carbocycles. The number of aromatic nitrogens is 2. The Morgan fingerprint density at radius 3 is 2.71 bits per heavy atom. The molecule has 0 aliphatic carbocycles. The highest BCUT2D eigenvalue weighted by Crippen LogP contribution is 2.11. The van der Waals surface area contributed by atoms with Crippen molar-refractivity contribution in [3.05, 3.63) is 17.5 Å². The maximum Gasteiger partial charge on any atom is 0.0638 e. The second kappa shape index (κ2) is 5.65. The van der Waals surface area contributed by atoms with E-state index in [-0.39, 0.29) is 0 Å². The van der Waals surface area contributed by atoms with Crippen LogP contribution in [0.1, 0.15) is 31.0 Å². The number of nitrogens with one attached hydrogen (secondary N) is 1. The highest BCUT2D eigenvalue weighted by Gasteiger charge is 2.17. The number of rotatable bonds is 5. The summed E-state index contributed by atoms with van der Waals surface area (Å²) in [5.41, 5.74) is 2.44. The Kier molecular flexibility index (Phi) is 4.18. The van der Waals surface area contributed by atoms with Crippen LogP contribution in [0.15, 0.2) is 6.20 Å². The molecule has 0 bridgehead atoms.